The van der Waals surface area contributed by atoms with Crippen molar-refractivity contribution in [2.24, 2.45) is 0 Å². The average molecular weight is 396 g/mol. The molecular formula is C21H20N2O6. The van der Waals surface area contributed by atoms with E-state index in [9.17, 15) is 24.3 Å². The number of para-hydroxylation sites is 1. The van der Waals surface area contributed by atoms with Crippen molar-refractivity contribution in [1.82, 2.24) is 4.90 Å². The number of amides is 3. The Morgan fingerprint density at radius 2 is 1.83 bits per heavy atom. The zero-order chi connectivity index (χ0) is 21.3. The van der Waals surface area contributed by atoms with E-state index < -0.39 is 23.5 Å². The molecule has 3 amide bonds. The van der Waals surface area contributed by atoms with Crippen LogP contribution < -0.4 is 5.32 Å². The van der Waals surface area contributed by atoms with Crippen molar-refractivity contribution in [1.29, 1.82) is 0 Å². The normalized spacial score (nSPS) is 13.8. The van der Waals surface area contributed by atoms with Gasteiger partial charge in [-0.05, 0) is 43.7 Å². The Labute approximate surface area is 167 Å². The van der Waals surface area contributed by atoms with E-state index in [2.05, 4.69) is 10.1 Å². The quantitative estimate of drug-likeness (QED) is 0.456. The van der Waals surface area contributed by atoms with E-state index in [-0.39, 0.29) is 39.9 Å². The lowest BCUT2D eigenvalue weighted by Crippen LogP contribution is -2.37. The first-order valence-corrected chi connectivity index (χ1v) is 9.03. The van der Waals surface area contributed by atoms with E-state index in [1.807, 2.05) is 6.92 Å². The van der Waals surface area contributed by atoms with Crippen molar-refractivity contribution in [3.63, 3.8) is 0 Å². The molecule has 0 radical (unpaired) electrons. The maximum atomic E-state index is 12.6. The number of phenolic OH excluding ortho intramolecular Hbond substituents is 1. The number of hydrogen-bond donors (Lipinski definition) is 2. The maximum absolute atomic E-state index is 12.6. The number of nitrogens with one attached hydrogen (secondary N) is 1. The van der Waals surface area contributed by atoms with Crippen molar-refractivity contribution < 1.29 is 29.0 Å². The van der Waals surface area contributed by atoms with Crippen molar-refractivity contribution >= 4 is 29.4 Å². The molecule has 1 aliphatic heterocycles. The van der Waals surface area contributed by atoms with E-state index in [4.69, 9.17) is 0 Å². The fourth-order valence-electron chi connectivity index (χ4n) is 3.10. The third-order valence-corrected chi connectivity index (χ3v) is 4.90. The highest BCUT2D eigenvalue weighted by atomic mass is 16.5. The van der Waals surface area contributed by atoms with Crippen LogP contribution in [0, 0.1) is 0 Å². The topological polar surface area (TPSA) is 113 Å². The minimum atomic E-state index is -0.745. The summed E-state index contributed by atoms with van der Waals surface area (Å²) in [6.07, 6.45) is 0.620. The second-order valence-corrected chi connectivity index (χ2v) is 6.65. The van der Waals surface area contributed by atoms with Crippen molar-refractivity contribution in [3.05, 3.63) is 58.7 Å². The zero-order valence-corrected chi connectivity index (χ0v) is 16.2. The van der Waals surface area contributed by atoms with E-state index in [1.165, 1.54) is 48.4 Å². The zero-order valence-electron chi connectivity index (χ0n) is 16.2. The predicted octanol–water partition coefficient (Wildman–Crippen LogP) is 2.83. The molecule has 1 aliphatic rings. The number of ether oxygens (including phenoxy) is 1. The van der Waals surface area contributed by atoms with Crippen LogP contribution in [0.15, 0.2) is 36.4 Å². The molecule has 0 fully saturated rings. The Morgan fingerprint density at radius 3 is 2.48 bits per heavy atom. The molecule has 0 spiro atoms. The van der Waals surface area contributed by atoms with Crippen LogP contribution in [0.4, 0.5) is 5.69 Å². The Bertz CT molecular complexity index is 1030. The SMILES string of the molecule is CCC(C)N1C(=O)c2ccc(C(=O)Nc3cccc(C(=O)OC)c3O)cc2C1=O. The van der Waals surface area contributed by atoms with Gasteiger partial charge in [0.1, 0.15) is 5.56 Å². The van der Waals surface area contributed by atoms with Crippen LogP contribution in [0.25, 0.3) is 0 Å². The third kappa shape index (κ3) is 3.44. The van der Waals surface area contributed by atoms with Crippen molar-refractivity contribution in [2.45, 2.75) is 26.3 Å². The first kappa shape index (κ1) is 20.1. The number of anilines is 1. The molecule has 0 saturated carbocycles. The van der Waals surface area contributed by atoms with Gasteiger partial charge in [-0.1, -0.05) is 13.0 Å². The molecule has 0 bridgehead atoms. The van der Waals surface area contributed by atoms with Gasteiger partial charge in [-0.2, -0.15) is 0 Å². The number of rotatable bonds is 5. The van der Waals surface area contributed by atoms with E-state index in [0.717, 1.165) is 0 Å². The fourth-order valence-corrected chi connectivity index (χ4v) is 3.10. The van der Waals surface area contributed by atoms with Crippen LogP contribution in [-0.4, -0.2) is 46.8 Å². The molecule has 8 heteroatoms. The van der Waals surface area contributed by atoms with Gasteiger partial charge in [0.15, 0.2) is 5.75 Å². The Morgan fingerprint density at radius 1 is 1.14 bits per heavy atom. The highest BCUT2D eigenvalue weighted by Gasteiger charge is 2.38. The van der Waals surface area contributed by atoms with E-state index >= 15 is 0 Å². The number of hydrogen-bond acceptors (Lipinski definition) is 6. The summed E-state index contributed by atoms with van der Waals surface area (Å²) in [5, 5.41) is 12.7. The smallest absolute Gasteiger partial charge is 0.341 e. The Balaban J connectivity index is 1.89. The summed E-state index contributed by atoms with van der Waals surface area (Å²) >= 11 is 0. The Hall–Kier alpha value is -3.68. The summed E-state index contributed by atoms with van der Waals surface area (Å²) in [4.78, 5) is 50.6. The number of carbonyl (C=O) groups excluding carboxylic acids is 4. The lowest BCUT2D eigenvalue weighted by Gasteiger charge is -2.20. The van der Waals surface area contributed by atoms with Gasteiger partial charge < -0.3 is 15.2 Å². The van der Waals surface area contributed by atoms with E-state index in [1.54, 1.807) is 6.92 Å². The van der Waals surface area contributed by atoms with Gasteiger partial charge >= 0.3 is 5.97 Å². The second-order valence-electron chi connectivity index (χ2n) is 6.65. The molecule has 1 heterocycles. The molecule has 2 N–H and O–H groups in total. The van der Waals surface area contributed by atoms with Gasteiger partial charge in [0.2, 0.25) is 0 Å². The highest BCUT2D eigenvalue weighted by molar-refractivity contribution is 6.22. The van der Waals surface area contributed by atoms with Crippen molar-refractivity contribution in [2.75, 3.05) is 12.4 Å². The van der Waals surface area contributed by atoms with Gasteiger partial charge in [-0.15, -0.1) is 0 Å². The van der Waals surface area contributed by atoms with Crippen LogP contribution in [0.3, 0.4) is 0 Å². The lowest BCUT2D eigenvalue weighted by molar-refractivity contribution is 0.0583. The van der Waals surface area contributed by atoms with Gasteiger partial charge in [0, 0.05) is 11.6 Å². The van der Waals surface area contributed by atoms with Crippen LogP contribution in [0.2, 0.25) is 0 Å². The minimum Gasteiger partial charge on any atom is -0.505 e. The summed E-state index contributed by atoms with van der Waals surface area (Å²) in [7, 11) is 1.18. The number of esters is 1. The highest BCUT2D eigenvalue weighted by Crippen LogP contribution is 2.30. The van der Waals surface area contributed by atoms with Gasteiger partial charge in [0.25, 0.3) is 17.7 Å². The van der Waals surface area contributed by atoms with Crippen LogP contribution in [0.1, 0.15) is 61.7 Å². The fraction of sp³-hybridized carbons (Fsp3) is 0.238. The molecule has 150 valence electrons. The van der Waals surface area contributed by atoms with E-state index in [0.29, 0.717) is 6.42 Å². The standard InChI is InChI=1S/C21H20N2O6/c1-4-11(2)23-19(26)13-9-8-12(10-15(13)20(23)27)18(25)22-16-7-5-6-14(17(16)24)21(28)29-3/h5-11,24H,4H2,1-3H3,(H,22,25). The molecule has 0 aromatic heterocycles. The number of phenols is 1. The molecule has 29 heavy (non-hydrogen) atoms. The first-order chi connectivity index (χ1) is 13.8. The average Bonchev–Trinajstić information content (AvgIpc) is 2.98. The molecule has 3 rings (SSSR count). The number of imide groups is 1. The monoisotopic (exact) mass is 396 g/mol. The number of methoxy groups -OCH3 is 1. The number of benzene rings is 2. The third-order valence-electron chi connectivity index (χ3n) is 4.90. The molecule has 1 unspecified atom stereocenters. The first-order valence-electron chi connectivity index (χ1n) is 9.03. The summed E-state index contributed by atoms with van der Waals surface area (Å²) in [5.41, 5.74) is 0.475. The molecule has 2 aromatic rings. The van der Waals surface area contributed by atoms with Gasteiger partial charge in [-0.3, -0.25) is 19.3 Å². The second kappa shape index (κ2) is 7.75. The largest absolute Gasteiger partial charge is 0.505 e. The Kier molecular flexibility index (Phi) is 5.36. The number of carbonyl (C=O) groups is 4. The minimum absolute atomic E-state index is 0.0158. The summed E-state index contributed by atoms with van der Waals surface area (Å²) in [6, 6.07) is 8.24. The summed E-state index contributed by atoms with van der Waals surface area (Å²) in [5.74, 6) is -2.60. The molecular weight excluding hydrogens is 376 g/mol. The van der Waals surface area contributed by atoms with Crippen LogP contribution in [-0.2, 0) is 4.74 Å². The molecule has 2 aromatic carbocycles. The molecule has 8 nitrogen and oxygen atoms in total. The number of nitrogens with zero attached hydrogens (tertiary/aromatic N) is 1. The number of aromatic hydroxyl groups is 1. The molecule has 0 aliphatic carbocycles. The number of fused-ring (bicyclic) bond motifs is 1. The van der Waals surface area contributed by atoms with Gasteiger partial charge in [-0.25, -0.2) is 4.79 Å². The van der Waals surface area contributed by atoms with Crippen molar-refractivity contribution in [3.8, 4) is 5.75 Å². The van der Waals surface area contributed by atoms with Crippen LogP contribution >= 0.6 is 0 Å². The lowest BCUT2D eigenvalue weighted by atomic mass is 10.0. The van der Waals surface area contributed by atoms with Crippen LogP contribution in [0.5, 0.6) is 5.75 Å². The maximum Gasteiger partial charge on any atom is 0.341 e. The molecule has 0 saturated heterocycles. The summed E-state index contributed by atoms with van der Waals surface area (Å²) < 4.78 is 4.59. The predicted molar refractivity (Wildman–Crippen MR) is 104 cm³/mol. The van der Waals surface area contributed by atoms with Gasteiger partial charge in [0.05, 0.1) is 23.9 Å². The molecule has 1 atom stereocenters. The summed E-state index contributed by atoms with van der Waals surface area (Å²) in [6.45, 7) is 3.66.